The van der Waals surface area contributed by atoms with Crippen LogP contribution in [0.5, 0.6) is 0 Å². The average Bonchev–Trinajstić information content (AvgIpc) is 1.62. The van der Waals surface area contributed by atoms with E-state index in [1.807, 2.05) is 13.8 Å². The Morgan fingerprint density at radius 1 is 0.528 bits per heavy atom. The quantitative estimate of drug-likeness (QED) is 0.0200. The summed E-state index contributed by atoms with van der Waals surface area (Å²) >= 11 is 2.22. The standard InChI is InChI=1S/2C26H44N7O17P3S/c2*1-4-5-6-17(35)54-10-9-28-16(34)7-8-29-24(38)21(37)26(2,3)12-47-53(44,45)50-52(42,43)46-11-15-20(49-51(39,40)41)19(36)25(48-15)33-14-32-18-22(27)30-13-31-23(18)33/h2*13-15,19-21,25,36-37H,4-12H2,1-3H3,(H,28,34)(H,29,38)(H,42,43)(H,44,45)(H2,27,30,31)(H2,39,40,41)/t2*15-,19-,20-,21+,25-/m11/s1. The molecule has 2 aliphatic heterocycles. The van der Waals surface area contributed by atoms with E-state index in [4.69, 9.17) is 39.0 Å². The number of aliphatic hydroxyl groups excluding tert-OH is 4. The third kappa shape index (κ3) is 30.2. The average molecular weight is 1700 g/mol. The molecule has 612 valence electrons. The number of phosphoric acid groups is 6. The highest BCUT2D eigenvalue weighted by molar-refractivity contribution is 8.13. The maximum absolute atomic E-state index is 12.7. The molecule has 0 aromatic carbocycles. The number of carbonyl (C=O) groups excluding carboxylic acids is 6. The Labute approximate surface area is 622 Å². The molecule has 4 unspecified atom stereocenters. The molecule has 48 nitrogen and oxygen atoms in total. The van der Waals surface area contributed by atoms with Gasteiger partial charge in [0.05, 0.1) is 39.1 Å². The lowest BCUT2D eigenvalue weighted by Gasteiger charge is -2.30. The van der Waals surface area contributed by atoms with Crippen LogP contribution in [0.2, 0.25) is 0 Å². The number of imidazole rings is 2. The molecular formula is C52H88N14O34P6S2. The van der Waals surface area contributed by atoms with Crippen LogP contribution in [0.15, 0.2) is 25.3 Å². The lowest BCUT2D eigenvalue weighted by Crippen LogP contribution is -2.46. The first-order valence-electron chi connectivity index (χ1n) is 32.2. The molecule has 56 heteroatoms. The highest BCUT2D eigenvalue weighted by Gasteiger charge is 2.53. The molecule has 4 aromatic rings. The van der Waals surface area contributed by atoms with Crippen LogP contribution in [0.25, 0.3) is 22.3 Å². The lowest BCUT2D eigenvalue weighted by atomic mass is 9.87. The van der Waals surface area contributed by atoms with Gasteiger partial charge in [0.2, 0.25) is 23.6 Å². The molecule has 108 heavy (non-hydrogen) atoms. The fraction of sp³-hybridized carbons (Fsp3) is 0.692. The highest BCUT2D eigenvalue weighted by atomic mass is 32.2. The summed E-state index contributed by atoms with van der Waals surface area (Å²) in [5.74, 6) is -2.09. The van der Waals surface area contributed by atoms with E-state index in [2.05, 4.69) is 68.8 Å². The summed E-state index contributed by atoms with van der Waals surface area (Å²) in [7, 11) is -32.7. The second kappa shape index (κ2) is 41.2. The van der Waals surface area contributed by atoms with Crippen molar-refractivity contribution >= 4 is 138 Å². The molecule has 0 bridgehead atoms. The molecule has 0 saturated carbocycles. The Kier molecular flexibility index (Phi) is 35.8. The van der Waals surface area contributed by atoms with Crippen molar-refractivity contribution in [3.63, 3.8) is 0 Å². The number of nitrogens with two attached hydrogens (primary N) is 2. The Hall–Kier alpha value is -4.88. The fourth-order valence-corrected chi connectivity index (χ4v) is 16.5. The zero-order valence-electron chi connectivity index (χ0n) is 58.4. The number of hydrogen-bond donors (Lipinski definition) is 18. The van der Waals surface area contributed by atoms with E-state index >= 15 is 0 Å². The Morgan fingerprint density at radius 3 is 1.20 bits per heavy atom. The van der Waals surface area contributed by atoms with Crippen molar-refractivity contribution in [2.75, 3.05) is 75.6 Å². The SMILES string of the molecule is CCCCC(=O)SCCNC(=O)CCNC(=O)[C@H](O)C(C)(C)COP(=O)(O)OP(=O)(O)OC[C@H]1O[C@@H](n2cnc3c(N)ncnc32)[C@H](O)[C@@H]1OP(=O)(O)O.CCCCC(=O)SCCNC(=O)CCNC(=O)[C@H](O)C(C)(C)COP(=O)(O)OP(=O)(O)OC[C@H]1O[C@@H](n2cnc3c(N)ncnc32)[C@H](O)[C@@H]1OP(=O)(O)O. The third-order valence-corrected chi connectivity index (χ3v) is 23.1. The first-order valence-corrected chi connectivity index (χ1v) is 43.2. The van der Waals surface area contributed by atoms with E-state index in [1.54, 1.807) is 0 Å². The second-order valence-electron chi connectivity index (χ2n) is 24.8. The first kappa shape index (κ1) is 93.7. The van der Waals surface area contributed by atoms with E-state index < -0.39 is 169 Å². The minimum atomic E-state index is -5.56. The van der Waals surface area contributed by atoms with Gasteiger partial charge >= 0.3 is 46.9 Å². The number of aromatic nitrogens is 8. The number of fused-ring (bicyclic) bond motifs is 2. The van der Waals surface area contributed by atoms with Crippen LogP contribution in [0.1, 0.15) is 105 Å². The van der Waals surface area contributed by atoms with Crippen LogP contribution in [-0.2, 0) is 101 Å². The summed E-state index contributed by atoms with van der Waals surface area (Å²) in [4.78, 5) is 174. The van der Waals surface area contributed by atoms with Gasteiger partial charge in [0, 0.05) is 74.2 Å². The van der Waals surface area contributed by atoms with Crippen molar-refractivity contribution in [1.29, 1.82) is 0 Å². The fourth-order valence-electron chi connectivity index (χ4n) is 9.38. The molecule has 2 fully saturated rings. The molecule has 6 rings (SSSR count). The summed E-state index contributed by atoms with van der Waals surface area (Å²) in [6.07, 6.45) is -9.48. The van der Waals surface area contributed by atoms with Crippen molar-refractivity contribution in [2.45, 2.75) is 154 Å². The predicted molar refractivity (Wildman–Crippen MR) is 373 cm³/mol. The third-order valence-electron chi connectivity index (χ3n) is 15.0. The maximum Gasteiger partial charge on any atom is 0.481 e. The van der Waals surface area contributed by atoms with Crippen molar-refractivity contribution in [3.05, 3.63) is 25.3 Å². The van der Waals surface area contributed by atoms with Gasteiger partial charge in [-0.05, 0) is 12.8 Å². The predicted octanol–water partition coefficient (Wildman–Crippen LogP) is -0.290. The Balaban J connectivity index is 0.000000387. The van der Waals surface area contributed by atoms with Crippen LogP contribution in [-0.4, -0.2) is 245 Å². The smallest absolute Gasteiger partial charge is 0.386 e. The molecule has 0 spiro atoms. The highest BCUT2D eigenvalue weighted by Crippen LogP contribution is 2.63. The summed E-state index contributed by atoms with van der Waals surface area (Å²) in [5, 5.41) is 52.7. The molecular weight excluding hydrogens is 1610 g/mol. The van der Waals surface area contributed by atoms with Gasteiger partial charge in [-0.1, -0.05) is 77.9 Å². The molecule has 2 saturated heterocycles. The second-order valence-corrected chi connectivity index (χ2v) is 35.6. The largest absolute Gasteiger partial charge is 0.481 e. The number of carbonyl (C=O) groups is 6. The number of phosphoric ester groups is 6. The lowest BCUT2D eigenvalue weighted by molar-refractivity contribution is -0.137. The van der Waals surface area contributed by atoms with Crippen molar-refractivity contribution in [3.8, 4) is 0 Å². The summed E-state index contributed by atoms with van der Waals surface area (Å²) in [6, 6.07) is 0. The number of amides is 4. The van der Waals surface area contributed by atoms with Gasteiger partial charge in [0.1, 0.15) is 72.5 Å². The van der Waals surface area contributed by atoms with E-state index in [9.17, 15) is 116 Å². The number of aliphatic hydroxyl groups is 4. The number of hydrogen-bond acceptors (Lipinski definition) is 36. The van der Waals surface area contributed by atoms with E-state index in [1.165, 1.54) is 27.7 Å². The molecule has 2 aliphatic rings. The Bertz CT molecular complexity index is 3780. The number of thioether (sulfide) groups is 2. The number of nitrogens with zero attached hydrogens (tertiary/aromatic N) is 8. The van der Waals surface area contributed by atoms with Crippen LogP contribution in [0.4, 0.5) is 11.6 Å². The zero-order valence-corrected chi connectivity index (χ0v) is 65.4. The van der Waals surface area contributed by atoms with E-state index in [0.717, 1.165) is 83.7 Å². The number of nitrogen functional groups attached to an aromatic ring is 2. The molecule has 4 amide bonds. The minimum absolute atomic E-state index is 0.0306. The normalized spacial score (nSPS) is 22.0. The van der Waals surface area contributed by atoms with Crippen LogP contribution in [0, 0.1) is 10.8 Å². The summed E-state index contributed by atoms with van der Waals surface area (Å²) in [6.45, 7) is 5.04. The zero-order chi connectivity index (χ0) is 81.0. The molecule has 14 atom stereocenters. The summed E-state index contributed by atoms with van der Waals surface area (Å²) in [5.41, 5.74) is 8.54. The van der Waals surface area contributed by atoms with Gasteiger partial charge in [0.15, 0.2) is 45.6 Å². The summed E-state index contributed by atoms with van der Waals surface area (Å²) < 4.78 is 124. The van der Waals surface area contributed by atoms with Gasteiger partial charge in [-0.2, -0.15) is 8.62 Å². The molecule has 4 aromatic heterocycles. The Morgan fingerprint density at radius 2 is 0.870 bits per heavy atom. The van der Waals surface area contributed by atoms with E-state index in [-0.39, 0.29) is 83.2 Å². The molecule has 20 N–H and O–H groups in total. The van der Waals surface area contributed by atoms with E-state index in [0.29, 0.717) is 24.3 Å². The minimum Gasteiger partial charge on any atom is -0.386 e. The monoisotopic (exact) mass is 1700 g/mol. The molecule has 0 radical (unpaired) electrons. The number of nitrogens with one attached hydrogen (secondary N) is 4. The van der Waals surface area contributed by atoms with Crippen LogP contribution in [0.3, 0.4) is 0 Å². The first-order chi connectivity index (χ1) is 50.1. The number of unbranched alkanes of at least 4 members (excludes halogenated alkanes) is 2. The van der Waals surface area contributed by atoms with Gasteiger partial charge < -0.3 is 102 Å². The van der Waals surface area contributed by atoms with Crippen molar-refractivity contribution < 1.29 is 161 Å². The molecule has 6 heterocycles. The van der Waals surface area contributed by atoms with Crippen LogP contribution >= 0.6 is 70.5 Å². The maximum atomic E-state index is 12.7. The van der Waals surface area contributed by atoms with Crippen molar-refractivity contribution in [2.24, 2.45) is 10.8 Å². The number of rotatable bonds is 44. The van der Waals surface area contributed by atoms with Gasteiger partial charge in [0.25, 0.3) is 0 Å². The van der Waals surface area contributed by atoms with Gasteiger partial charge in [-0.3, -0.25) is 65.0 Å². The van der Waals surface area contributed by atoms with Gasteiger partial charge in [-0.15, -0.1) is 0 Å². The molecule has 0 aliphatic carbocycles. The van der Waals surface area contributed by atoms with Gasteiger partial charge in [-0.25, -0.2) is 57.3 Å². The topological polar surface area (TPSA) is 727 Å². The number of anilines is 2. The van der Waals surface area contributed by atoms with Crippen molar-refractivity contribution in [1.82, 2.24) is 60.3 Å². The number of ether oxygens (including phenoxy) is 2. The van der Waals surface area contributed by atoms with Crippen LogP contribution < -0.4 is 32.7 Å².